The van der Waals surface area contributed by atoms with Gasteiger partial charge in [-0.05, 0) is 64.0 Å². The van der Waals surface area contributed by atoms with Gasteiger partial charge in [0.2, 0.25) is 5.91 Å². The van der Waals surface area contributed by atoms with Gasteiger partial charge in [0.1, 0.15) is 17.5 Å². The van der Waals surface area contributed by atoms with Gasteiger partial charge in [-0.25, -0.2) is 0 Å². The lowest BCUT2D eigenvalue weighted by molar-refractivity contribution is -0.122. The van der Waals surface area contributed by atoms with Crippen molar-refractivity contribution in [2.24, 2.45) is 0 Å². The second kappa shape index (κ2) is 13.1. The summed E-state index contributed by atoms with van der Waals surface area (Å²) in [5.74, 6) is 3.89. The van der Waals surface area contributed by atoms with Crippen LogP contribution in [-0.2, 0) is 17.8 Å². The molecular formula is C36H36N4O3S2. The van der Waals surface area contributed by atoms with E-state index in [4.69, 9.17) is 14.6 Å². The Kier molecular flexibility index (Phi) is 8.65. The van der Waals surface area contributed by atoms with Gasteiger partial charge < -0.3 is 14.8 Å². The number of nitrogens with zero attached hydrogens (tertiary/aromatic N) is 3. The molecule has 1 saturated heterocycles. The lowest BCUT2D eigenvalue weighted by atomic mass is 9.97. The Bertz CT molecular complexity index is 1730. The molecule has 230 valence electrons. The van der Waals surface area contributed by atoms with E-state index in [0.717, 1.165) is 76.2 Å². The molecule has 0 saturated carbocycles. The minimum absolute atomic E-state index is 0.0759. The van der Waals surface area contributed by atoms with Gasteiger partial charge in [-0.3, -0.25) is 14.4 Å². The molecule has 7 nitrogen and oxygen atoms in total. The van der Waals surface area contributed by atoms with Crippen molar-refractivity contribution in [3.63, 3.8) is 0 Å². The molecule has 3 aromatic carbocycles. The van der Waals surface area contributed by atoms with E-state index in [1.54, 1.807) is 25.6 Å². The number of rotatable bonds is 10. The summed E-state index contributed by atoms with van der Waals surface area (Å²) in [5, 5.41) is 12.8. The fraction of sp³-hybridized carbons (Fsp3) is 0.278. The van der Waals surface area contributed by atoms with Crippen LogP contribution in [0, 0.1) is 0 Å². The molecule has 2 aromatic heterocycles. The van der Waals surface area contributed by atoms with Crippen molar-refractivity contribution in [1.82, 2.24) is 20.0 Å². The zero-order valence-corrected chi connectivity index (χ0v) is 27.1. The number of nitrogens with one attached hydrogen (secondary N) is 1. The fourth-order valence-corrected chi connectivity index (χ4v) is 7.92. The highest BCUT2D eigenvalue weighted by Gasteiger charge is 2.32. The third kappa shape index (κ3) is 6.12. The minimum atomic E-state index is -0.181. The summed E-state index contributed by atoms with van der Waals surface area (Å²) in [6.07, 6.45) is 0.813. The summed E-state index contributed by atoms with van der Waals surface area (Å²) in [5.41, 5.74) is 10.3. The largest absolute Gasteiger partial charge is 0.497 e. The van der Waals surface area contributed by atoms with Crippen LogP contribution < -0.4 is 14.8 Å². The predicted octanol–water partition coefficient (Wildman–Crippen LogP) is 6.50. The SMILES string of the molecule is COc1ccc(C(c2ccc(OC)cc2)n2nc(-c3ccsc3)c3c2-c2cc(CNC(=O)CN4CCSCC4)ccc2C3)cc1. The van der Waals surface area contributed by atoms with Crippen LogP contribution in [0.1, 0.15) is 33.9 Å². The second-order valence-corrected chi connectivity index (χ2v) is 13.4. The molecule has 45 heavy (non-hydrogen) atoms. The lowest BCUT2D eigenvalue weighted by Crippen LogP contribution is -2.41. The monoisotopic (exact) mass is 636 g/mol. The summed E-state index contributed by atoms with van der Waals surface area (Å²) in [6.45, 7) is 2.90. The van der Waals surface area contributed by atoms with Crippen LogP contribution in [0.4, 0.5) is 0 Å². The maximum atomic E-state index is 12.8. The number of amides is 1. The third-order valence-corrected chi connectivity index (χ3v) is 10.3. The maximum Gasteiger partial charge on any atom is 0.234 e. The van der Waals surface area contributed by atoms with Crippen molar-refractivity contribution in [3.05, 3.63) is 111 Å². The number of ether oxygens (including phenoxy) is 2. The summed E-state index contributed by atoms with van der Waals surface area (Å²) >= 11 is 3.64. The minimum Gasteiger partial charge on any atom is -0.497 e. The first-order valence-electron chi connectivity index (χ1n) is 15.2. The molecule has 1 N–H and O–H groups in total. The summed E-state index contributed by atoms with van der Waals surface area (Å²) in [4.78, 5) is 15.0. The second-order valence-electron chi connectivity index (χ2n) is 11.4. The summed E-state index contributed by atoms with van der Waals surface area (Å²) in [6, 6.07) is 25.1. The zero-order valence-electron chi connectivity index (χ0n) is 25.5. The van der Waals surface area contributed by atoms with Gasteiger partial charge in [0.25, 0.3) is 0 Å². The van der Waals surface area contributed by atoms with Crippen molar-refractivity contribution in [1.29, 1.82) is 0 Å². The maximum absolute atomic E-state index is 12.8. The summed E-state index contributed by atoms with van der Waals surface area (Å²) < 4.78 is 13.2. The van der Waals surface area contributed by atoms with E-state index < -0.39 is 0 Å². The average molecular weight is 637 g/mol. The Hall–Kier alpha value is -4.05. The van der Waals surface area contributed by atoms with Crippen molar-refractivity contribution >= 4 is 29.0 Å². The van der Waals surface area contributed by atoms with E-state index in [1.807, 2.05) is 36.0 Å². The normalized spacial score (nSPS) is 14.3. The van der Waals surface area contributed by atoms with Crippen molar-refractivity contribution in [2.45, 2.75) is 19.0 Å². The fourth-order valence-electron chi connectivity index (χ4n) is 6.30. The molecule has 0 bridgehead atoms. The predicted molar refractivity (Wildman–Crippen MR) is 183 cm³/mol. The summed E-state index contributed by atoms with van der Waals surface area (Å²) in [7, 11) is 3.38. The molecule has 7 rings (SSSR count). The van der Waals surface area contributed by atoms with E-state index in [2.05, 4.69) is 74.2 Å². The molecule has 0 atom stereocenters. The number of hydrogen-bond acceptors (Lipinski definition) is 7. The Labute approximate surface area is 272 Å². The molecule has 0 unspecified atom stereocenters. The highest BCUT2D eigenvalue weighted by molar-refractivity contribution is 7.99. The Balaban J connectivity index is 1.28. The van der Waals surface area contributed by atoms with E-state index in [1.165, 1.54) is 16.7 Å². The van der Waals surface area contributed by atoms with Crippen LogP contribution in [0.5, 0.6) is 11.5 Å². The topological polar surface area (TPSA) is 68.6 Å². The molecule has 1 aliphatic carbocycles. The van der Waals surface area contributed by atoms with Crippen LogP contribution in [0.3, 0.4) is 0 Å². The molecule has 1 aliphatic heterocycles. The molecule has 9 heteroatoms. The Morgan fingerprint density at radius 2 is 1.62 bits per heavy atom. The number of aromatic nitrogens is 2. The number of carbonyl (C=O) groups is 1. The first-order chi connectivity index (χ1) is 22.1. The average Bonchev–Trinajstić information content (AvgIpc) is 3.83. The van der Waals surface area contributed by atoms with Crippen LogP contribution in [0.25, 0.3) is 22.5 Å². The number of thiophene rings is 1. The lowest BCUT2D eigenvalue weighted by Gasteiger charge is -2.25. The molecule has 5 aromatic rings. The number of carbonyl (C=O) groups excluding carboxylic acids is 1. The Morgan fingerprint density at radius 1 is 0.933 bits per heavy atom. The molecule has 2 aliphatic rings. The van der Waals surface area contributed by atoms with Crippen LogP contribution in [0.2, 0.25) is 0 Å². The third-order valence-electron chi connectivity index (χ3n) is 8.67. The molecule has 1 fully saturated rings. The molecule has 1 amide bonds. The number of hydrogen-bond donors (Lipinski definition) is 1. The van der Waals surface area contributed by atoms with Gasteiger partial charge in [-0.1, -0.05) is 36.4 Å². The highest BCUT2D eigenvalue weighted by atomic mass is 32.2. The van der Waals surface area contributed by atoms with E-state index >= 15 is 0 Å². The smallest absolute Gasteiger partial charge is 0.234 e. The van der Waals surface area contributed by atoms with Gasteiger partial charge >= 0.3 is 0 Å². The van der Waals surface area contributed by atoms with Crippen LogP contribution in [0.15, 0.2) is 83.6 Å². The molecule has 0 radical (unpaired) electrons. The molecular weight excluding hydrogens is 601 g/mol. The van der Waals surface area contributed by atoms with Gasteiger partial charge in [0.05, 0.1) is 32.2 Å². The first-order valence-corrected chi connectivity index (χ1v) is 17.3. The van der Waals surface area contributed by atoms with Gasteiger partial charge in [0.15, 0.2) is 0 Å². The van der Waals surface area contributed by atoms with Crippen molar-refractivity contribution in [2.75, 3.05) is 45.4 Å². The van der Waals surface area contributed by atoms with Gasteiger partial charge in [-0.15, -0.1) is 0 Å². The van der Waals surface area contributed by atoms with E-state index in [-0.39, 0.29) is 11.9 Å². The van der Waals surface area contributed by atoms with Crippen LogP contribution in [-0.4, -0.2) is 65.9 Å². The van der Waals surface area contributed by atoms with Gasteiger partial charge in [0, 0.05) is 59.6 Å². The quantitative estimate of drug-likeness (QED) is 0.185. The van der Waals surface area contributed by atoms with Gasteiger partial charge in [-0.2, -0.15) is 28.2 Å². The first kappa shape index (κ1) is 29.6. The highest BCUT2D eigenvalue weighted by Crippen LogP contribution is 2.45. The van der Waals surface area contributed by atoms with Crippen molar-refractivity contribution < 1.29 is 14.3 Å². The standard InChI is InChI=1S/C36H36N4O3S2/c1-42-29-9-5-25(6-10-29)35(26-7-11-30(43-2)12-8-26)40-36-31-19-24(21-37-33(41)22-39-14-17-44-18-15-39)3-4-27(31)20-32(36)34(38-40)28-13-16-45-23-28/h3-13,16,19,23,35H,14-15,17-18,20-22H2,1-2H3,(H,37,41). The number of methoxy groups -OCH3 is 2. The molecule has 3 heterocycles. The number of thioether (sulfide) groups is 1. The van der Waals surface area contributed by atoms with E-state index in [9.17, 15) is 4.79 Å². The zero-order chi connectivity index (χ0) is 30.8. The number of benzene rings is 3. The van der Waals surface area contributed by atoms with Crippen LogP contribution >= 0.6 is 23.1 Å². The molecule has 0 spiro atoms. The Morgan fingerprint density at radius 3 is 2.24 bits per heavy atom. The van der Waals surface area contributed by atoms with Crippen molar-refractivity contribution in [3.8, 4) is 34.0 Å². The number of fused-ring (bicyclic) bond motifs is 3. The van der Waals surface area contributed by atoms with E-state index in [0.29, 0.717) is 13.1 Å².